The third kappa shape index (κ3) is 2.68. The van der Waals surface area contributed by atoms with Gasteiger partial charge in [0.15, 0.2) is 0 Å². The van der Waals surface area contributed by atoms with Gasteiger partial charge in [-0.25, -0.2) is 0 Å². The minimum absolute atomic E-state index is 0.0317. The molecule has 80 valence electrons. The summed E-state index contributed by atoms with van der Waals surface area (Å²) >= 11 is 5.16. The van der Waals surface area contributed by atoms with Crippen LogP contribution in [-0.2, 0) is 13.5 Å². The molecule has 0 amide bonds. The van der Waals surface area contributed by atoms with Gasteiger partial charge in [-0.3, -0.25) is 4.68 Å². The average molecular weight is 286 g/mol. The molecule has 0 radical (unpaired) electrons. The smallest absolute Gasteiger partial charge is 0.0537 e. The van der Waals surface area contributed by atoms with Crippen LogP contribution in [0.25, 0.3) is 0 Å². The highest BCUT2D eigenvalue weighted by atomic mass is 79.9. The predicted molar refractivity (Wildman–Crippen MR) is 65.9 cm³/mol. The van der Waals surface area contributed by atoms with Crippen molar-refractivity contribution < 1.29 is 0 Å². The maximum atomic E-state index is 6.09. The van der Waals surface area contributed by atoms with Crippen LogP contribution < -0.4 is 5.73 Å². The van der Waals surface area contributed by atoms with Crippen LogP contribution in [0.2, 0.25) is 0 Å². The van der Waals surface area contributed by atoms with E-state index in [9.17, 15) is 0 Å². The summed E-state index contributed by atoms with van der Waals surface area (Å²) in [6.07, 6.45) is 4.66. The van der Waals surface area contributed by atoms with Crippen molar-refractivity contribution in [1.82, 2.24) is 9.78 Å². The minimum Gasteiger partial charge on any atom is -0.324 e. The quantitative estimate of drug-likeness (QED) is 0.942. The van der Waals surface area contributed by atoms with Crippen LogP contribution in [0.3, 0.4) is 0 Å². The SMILES string of the molecule is Cn1cc(C(N)Cc2cc(Br)cs2)cn1. The fraction of sp³-hybridized carbons (Fsp3) is 0.300. The first kappa shape index (κ1) is 10.9. The molecule has 15 heavy (non-hydrogen) atoms. The van der Waals surface area contributed by atoms with Crippen LogP contribution in [0.15, 0.2) is 28.3 Å². The van der Waals surface area contributed by atoms with Gasteiger partial charge in [-0.15, -0.1) is 11.3 Å². The lowest BCUT2D eigenvalue weighted by atomic mass is 10.1. The predicted octanol–water partition coefficient (Wildman–Crippen LogP) is 2.49. The van der Waals surface area contributed by atoms with E-state index in [1.54, 1.807) is 16.0 Å². The van der Waals surface area contributed by atoms with E-state index >= 15 is 0 Å². The Morgan fingerprint density at radius 3 is 3.00 bits per heavy atom. The van der Waals surface area contributed by atoms with Crippen LogP contribution in [0, 0.1) is 0 Å². The van der Waals surface area contributed by atoms with Crippen molar-refractivity contribution in [3.63, 3.8) is 0 Å². The van der Waals surface area contributed by atoms with Gasteiger partial charge in [0.25, 0.3) is 0 Å². The number of aryl methyl sites for hydroxylation is 1. The molecule has 2 aromatic rings. The van der Waals surface area contributed by atoms with E-state index < -0.39 is 0 Å². The summed E-state index contributed by atoms with van der Waals surface area (Å²) in [7, 11) is 1.90. The molecular formula is C10H12BrN3S. The van der Waals surface area contributed by atoms with Crippen LogP contribution in [0.5, 0.6) is 0 Å². The van der Waals surface area contributed by atoms with Gasteiger partial charge in [-0.1, -0.05) is 0 Å². The number of hydrogen-bond donors (Lipinski definition) is 1. The molecule has 0 saturated heterocycles. The molecule has 0 saturated carbocycles. The molecule has 0 aromatic carbocycles. The van der Waals surface area contributed by atoms with E-state index in [0.717, 1.165) is 16.5 Å². The fourth-order valence-electron chi connectivity index (χ4n) is 1.43. The molecule has 1 unspecified atom stereocenters. The number of thiophene rings is 1. The summed E-state index contributed by atoms with van der Waals surface area (Å²) in [4.78, 5) is 1.29. The Hall–Kier alpha value is -0.650. The molecule has 2 aromatic heterocycles. The first-order chi connectivity index (χ1) is 7.15. The van der Waals surface area contributed by atoms with Gasteiger partial charge in [0.2, 0.25) is 0 Å². The normalized spacial score (nSPS) is 13.0. The van der Waals surface area contributed by atoms with E-state index in [1.165, 1.54) is 4.88 Å². The molecule has 3 nitrogen and oxygen atoms in total. The Balaban J connectivity index is 2.06. The van der Waals surface area contributed by atoms with Crippen molar-refractivity contribution in [3.8, 4) is 0 Å². The van der Waals surface area contributed by atoms with Crippen molar-refractivity contribution >= 4 is 27.3 Å². The third-order valence-corrected chi connectivity index (χ3v) is 3.92. The van der Waals surface area contributed by atoms with E-state index in [2.05, 4.69) is 32.5 Å². The second-order valence-corrected chi connectivity index (χ2v) is 5.40. The molecule has 0 fully saturated rings. The number of nitrogens with two attached hydrogens (primary N) is 1. The van der Waals surface area contributed by atoms with E-state index in [1.807, 2.05) is 19.4 Å². The van der Waals surface area contributed by atoms with Gasteiger partial charge in [0.1, 0.15) is 0 Å². The largest absolute Gasteiger partial charge is 0.324 e. The number of aromatic nitrogens is 2. The van der Waals surface area contributed by atoms with E-state index in [-0.39, 0.29) is 6.04 Å². The molecule has 0 spiro atoms. The van der Waals surface area contributed by atoms with E-state index in [0.29, 0.717) is 0 Å². The van der Waals surface area contributed by atoms with Gasteiger partial charge in [0, 0.05) is 46.0 Å². The second kappa shape index (κ2) is 4.47. The molecule has 0 bridgehead atoms. The zero-order valence-electron chi connectivity index (χ0n) is 8.35. The van der Waals surface area contributed by atoms with Crippen molar-refractivity contribution in [3.05, 3.63) is 38.8 Å². The van der Waals surface area contributed by atoms with Gasteiger partial charge < -0.3 is 5.73 Å². The standard InChI is InChI=1S/C10H12BrN3S/c1-14-5-7(4-13-14)10(12)3-9-2-8(11)6-15-9/h2,4-6,10H,3,12H2,1H3. The van der Waals surface area contributed by atoms with Gasteiger partial charge in [0.05, 0.1) is 6.20 Å². The molecule has 2 heterocycles. The maximum absolute atomic E-state index is 6.09. The highest BCUT2D eigenvalue weighted by molar-refractivity contribution is 9.10. The highest BCUT2D eigenvalue weighted by Gasteiger charge is 2.10. The molecule has 1 atom stereocenters. The molecular weight excluding hydrogens is 274 g/mol. The van der Waals surface area contributed by atoms with Gasteiger partial charge in [-0.05, 0) is 22.0 Å². The van der Waals surface area contributed by atoms with Crippen molar-refractivity contribution in [2.24, 2.45) is 12.8 Å². The Kier molecular flexibility index (Phi) is 3.23. The second-order valence-electron chi connectivity index (χ2n) is 3.49. The maximum Gasteiger partial charge on any atom is 0.0537 e. The topological polar surface area (TPSA) is 43.8 Å². The van der Waals surface area contributed by atoms with Gasteiger partial charge in [-0.2, -0.15) is 5.10 Å². The Labute approximate surface area is 101 Å². The van der Waals surface area contributed by atoms with Crippen LogP contribution in [0.4, 0.5) is 0 Å². The summed E-state index contributed by atoms with van der Waals surface area (Å²) in [5.74, 6) is 0. The molecule has 0 aliphatic heterocycles. The zero-order valence-corrected chi connectivity index (χ0v) is 10.8. The molecule has 5 heteroatoms. The zero-order chi connectivity index (χ0) is 10.8. The lowest BCUT2D eigenvalue weighted by molar-refractivity contribution is 0.724. The van der Waals surface area contributed by atoms with Crippen LogP contribution >= 0.6 is 27.3 Å². The molecule has 0 aliphatic rings. The Bertz CT molecular complexity index is 449. The average Bonchev–Trinajstić information content (AvgIpc) is 2.75. The van der Waals surface area contributed by atoms with Crippen molar-refractivity contribution in [1.29, 1.82) is 0 Å². The Morgan fingerprint density at radius 2 is 2.47 bits per heavy atom. The molecule has 2 rings (SSSR count). The lowest BCUT2D eigenvalue weighted by Crippen LogP contribution is -2.11. The van der Waals surface area contributed by atoms with Crippen LogP contribution in [0.1, 0.15) is 16.5 Å². The summed E-state index contributed by atoms with van der Waals surface area (Å²) < 4.78 is 2.90. The summed E-state index contributed by atoms with van der Waals surface area (Å²) in [5.41, 5.74) is 7.17. The first-order valence-electron chi connectivity index (χ1n) is 4.62. The minimum atomic E-state index is 0.0317. The summed E-state index contributed by atoms with van der Waals surface area (Å²) in [6, 6.07) is 2.14. The lowest BCUT2D eigenvalue weighted by Gasteiger charge is -2.06. The third-order valence-electron chi connectivity index (χ3n) is 2.20. The molecule has 0 aliphatic carbocycles. The fourth-order valence-corrected chi connectivity index (χ4v) is 2.94. The highest BCUT2D eigenvalue weighted by Crippen LogP contribution is 2.24. The number of nitrogens with zero attached hydrogens (tertiary/aromatic N) is 2. The monoisotopic (exact) mass is 285 g/mol. The summed E-state index contributed by atoms with van der Waals surface area (Å²) in [6.45, 7) is 0. The number of rotatable bonds is 3. The molecule has 2 N–H and O–H groups in total. The van der Waals surface area contributed by atoms with Crippen molar-refractivity contribution in [2.75, 3.05) is 0 Å². The number of halogens is 1. The van der Waals surface area contributed by atoms with E-state index in [4.69, 9.17) is 5.73 Å². The Morgan fingerprint density at radius 1 is 1.67 bits per heavy atom. The van der Waals surface area contributed by atoms with Crippen LogP contribution in [-0.4, -0.2) is 9.78 Å². The summed E-state index contributed by atoms with van der Waals surface area (Å²) in [5, 5.41) is 6.19. The van der Waals surface area contributed by atoms with Crippen molar-refractivity contribution in [2.45, 2.75) is 12.5 Å². The number of hydrogen-bond acceptors (Lipinski definition) is 3. The van der Waals surface area contributed by atoms with Gasteiger partial charge >= 0.3 is 0 Å². The first-order valence-corrected chi connectivity index (χ1v) is 6.29.